The van der Waals surface area contributed by atoms with Gasteiger partial charge in [-0.1, -0.05) is 38.1 Å². The van der Waals surface area contributed by atoms with Gasteiger partial charge in [0.2, 0.25) is 5.91 Å². The van der Waals surface area contributed by atoms with Crippen LogP contribution in [0.3, 0.4) is 0 Å². The summed E-state index contributed by atoms with van der Waals surface area (Å²) in [5, 5.41) is 2.96. The van der Waals surface area contributed by atoms with Crippen molar-refractivity contribution in [1.29, 1.82) is 0 Å². The fourth-order valence-corrected chi connectivity index (χ4v) is 2.63. The predicted octanol–water partition coefficient (Wildman–Crippen LogP) is 2.19. The molecule has 1 aromatic carbocycles. The van der Waals surface area contributed by atoms with Crippen LogP contribution < -0.4 is 5.32 Å². The minimum absolute atomic E-state index is 0.0212. The van der Waals surface area contributed by atoms with Gasteiger partial charge in [0.25, 0.3) is 0 Å². The molecule has 0 aliphatic carbocycles. The number of nitrogens with one attached hydrogen (secondary N) is 1. The highest BCUT2D eigenvalue weighted by molar-refractivity contribution is 5.91. The fourth-order valence-electron chi connectivity index (χ4n) is 2.63. The Balaban J connectivity index is 1.69. The Morgan fingerprint density at radius 2 is 1.83 bits per heavy atom. The maximum Gasteiger partial charge on any atom is 0.244 e. The van der Waals surface area contributed by atoms with Crippen LogP contribution in [0.15, 0.2) is 30.3 Å². The van der Waals surface area contributed by atoms with Crippen molar-refractivity contribution in [2.75, 3.05) is 46.3 Å². The number of carbonyl (C=O) groups excluding carboxylic acids is 1. The monoisotopic (exact) mass is 315 g/mol. The van der Waals surface area contributed by atoms with Gasteiger partial charge in [-0.2, -0.15) is 0 Å². The Labute approximate surface area is 140 Å². The number of hydrogen-bond donors (Lipinski definition) is 1. The van der Waals surface area contributed by atoms with Crippen LogP contribution in [0.5, 0.6) is 0 Å². The van der Waals surface area contributed by atoms with Gasteiger partial charge in [-0.05, 0) is 30.2 Å². The molecule has 0 bridgehead atoms. The second-order valence-electron chi connectivity index (χ2n) is 6.59. The van der Waals surface area contributed by atoms with Crippen LogP contribution in [-0.2, 0) is 4.79 Å². The standard InChI is InChI=1S/C19H29N3O/c1-16(2)18-7-4-17(5-8-18)6-9-19(23)20-10-11-22-14-12-21(3)13-15-22/h4-9,16H,10-15H2,1-3H3,(H,20,23). The Bertz CT molecular complexity index is 514. The maximum absolute atomic E-state index is 11.9. The van der Waals surface area contributed by atoms with E-state index in [1.807, 2.05) is 6.08 Å². The summed E-state index contributed by atoms with van der Waals surface area (Å²) in [5.41, 5.74) is 2.38. The number of benzene rings is 1. The van der Waals surface area contributed by atoms with Crippen molar-refractivity contribution in [2.24, 2.45) is 0 Å². The number of nitrogens with zero attached hydrogens (tertiary/aromatic N) is 2. The molecule has 1 N–H and O–H groups in total. The summed E-state index contributed by atoms with van der Waals surface area (Å²) in [7, 11) is 2.15. The number of likely N-dealkylation sites (N-methyl/N-ethyl adjacent to an activating group) is 1. The van der Waals surface area contributed by atoms with Gasteiger partial charge in [-0.3, -0.25) is 9.69 Å². The molecule has 1 heterocycles. The highest BCUT2D eigenvalue weighted by Crippen LogP contribution is 2.15. The number of rotatable bonds is 6. The van der Waals surface area contributed by atoms with Crippen LogP contribution in [0, 0.1) is 0 Å². The first-order valence-electron chi connectivity index (χ1n) is 8.51. The summed E-state index contributed by atoms with van der Waals surface area (Å²) in [6, 6.07) is 8.36. The fraction of sp³-hybridized carbons (Fsp3) is 0.526. The Hall–Kier alpha value is -1.65. The first-order valence-corrected chi connectivity index (χ1v) is 8.51. The molecule has 1 amide bonds. The molecule has 0 aromatic heterocycles. The number of piperazine rings is 1. The summed E-state index contributed by atoms with van der Waals surface area (Å²) < 4.78 is 0. The first kappa shape index (κ1) is 17.7. The summed E-state index contributed by atoms with van der Waals surface area (Å²) in [6.45, 7) is 10.4. The van der Waals surface area contributed by atoms with Gasteiger partial charge in [0.05, 0.1) is 0 Å². The van der Waals surface area contributed by atoms with Crippen molar-refractivity contribution < 1.29 is 4.79 Å². The molecule has 4 nitrogen and oxygen atoms in total. The third kappa shape index (κ3) is 6.16. The summed E-state index contributed by atoms with van der Waals surface area (Å²) in [6.07, 6.45) is 3.49. The van der Waals surface area contributed by atoms with Crippen molar-refractivity contribution >= 4 is 12.0 Å². The summed E-state index contributed by atoms with van der Waals surface area (Å²) in [5.74, 6) is 0.512. The highest BCUT2D eigenvalue weighted by atomic mass is 16.1. The van der Waals surface area contributed by atoms with Gasteiger partial charge in [0.1, 0.15) is 0 Å². The van der Waals surface area contributed by atoms with Gasteiger partial charge < -0.3 is 10.2 Å². The molecule has 0 atom stereocenters. The van der Waals surface area contributed by atoms with E-state index in [9.17, 15) is 4.79 Å². The molecule has 126 valence electrons. The van der Waals surface area contributed by atoms with E-state index in [0.29, 0.717) is 12.5 Å². The van der Waals surface area contributed by atoms with Gasteiger partial charge in [-0.25, -0.2) is 0 Å². The number of amides is 1. The van der Waals surface area contributed by atoms with Crippen molar-refractivity contribution in [3.63, 3.8) is 0 Å². The molecule has 1 aliphatic rings. The lowest BCUT2D eigenvalue weighted by Crippen LogP contribution is -2.46. The van der Waals surface area contributed by atoms with Crippen molar-refractivity contribution in [3.8, 4) is 0 Å². The highest BCUT2D eigenvalue weighted by Gasteiger charge is 2.12. The lowest BCUT2D eigenvalue weighted by Gasteiger charge is -2.32. The molecule has 1 saturated heterocycles. The molecule has 23 heavy (non-hydrogen) atoms. The Morgan fingerprint density at radius 1 is 1.17 bits per heavy atom. The minimum atomic E-state index is -0.0212. The molecule has 0 unspecified atom stereocenters. The van der Waals surface area contributed by atoms with Crippen LogP contribution in [0.25, 0.3) is 6.08 Å². The van der Waals surface area contributed by atoms with Gasteiger partial charge in [0, 0.05) is 45.3 Å². The normalized spacial score (nSPS) is 17.0. The molecule has 1 fully saturated rings. The van der Waals surface area contributed by atoms with E-state index in [4.69, 9.17) is 0 Å². The summed E-state index contributed by atoms with van der Waals surface area (Å²) >= 11 is 0. The van der Waals surface area contributed by atoms with Crippen molar-refractivity contribution in [1.82, 2.24) is 15.1 Å². The number of hydrogen-bond acceptors (Lipinski definition) is 3. The van der Waals surface area contributed by atoms with Gasteiger partial charge in [-0.15, -0.1) is 0 Å². The van der Waals surface area contributed by atoms with Crippen LogP contribution in [0.2, 0.25) is 0 Å². The largest absolute Gasteiger partial charge is 0.351 e. The molecule has 1 aliphatic heterocycles. The lowest BCUT2D eigenvalue weighted by molar-refractivity contribution is -0.116. The Kier molecular flexibility index (Phi) is 6.81. The molecule has 0 spiro atoms. The zero-order valence-corrected chi connectivity index (χ0v) is 14.6. The molecule has 1 aromatic rings. The minimum Gasteiger partial charge on any atom is -0.351 e. The molecule has 4 heteroatoms. The van der Waals surface area contributed by atoms with Crippen LogP contribution in [0.4, 0.5) is 0 Å². The van der Waals surface area contributed by atoms with Gasteiger partial charge >= 0.3 is 0 Å². The SMILES string of the molecule is CC(C)c1ccc(C=CC(=O)NCCN2CCN(C)CC2)cc1. The predicted molar refractivity (Wildman–Crippen MR) is 96.5 cm³/mol. The van der Waals surface area contributed by atoms with E-state index in [1.54, 1.807) is 6.08 Å². The van der Waals surface area contributed by atoms with E-state index in [0.717, 1.165) is 38.3 Å². The third-order valence-electron chi connectivity index (χ3n) is 4.35. The van der Waals surface area contributed by atoms with Crippen molar-refractivity contribution in [2.45, 2.75) is 19.8 Å². The van der Waals surface area contributed by atoms with Crippen LogP contribution in [0.1, 0.15) is 30.9 Å². The zero-order chi connectivity index (χ0) is 16.7. The quantitative estimate of drug-likeness (QED) is 0.818. The van der Waals surface area contributed by atoms with E-state index < -0.39 is 0 Å². The molecular formula is C19H29N3O. The first-order chi connectivity index (χ1) is 11.0. The third-order valence-corrected chi connectivity index (χ3v) is 4.35. The molecule has 0 radical (unpaired) electrons. The molecule has 0 saturated carbocycles. The average molecular weight is 315 g/mol. The second-order valence-corrected chi connectivity index (χ2v) is 6.59. The Morgan fingerprint density at radius 3 is 2.43 bits per heavy atom. The zero-order valence-electron chi connectivity index (χ0n) is 14.6. The molecular weight excluding hydrogens is 286 g/mol. The average Bonchev–Trinajstić information content (AvgIpc) is 2.55. The lowest BCUT2D eigenvalue weighted by atomic mass is 10.0. The van der Waals surface area contributed by atoms with Crippen LogP contribution >= 0.6 is 0 Å². The van der Waals surface area contributed by atoms with Gasteiger partial charge in [0.15, 0.2) is 0 Å². The van der Waals surface area contributed by atoms with E-state index in [-0.39, 0.29) is 5.91 Å². The van der Waals surface area contributed by atoms with Crippen molar-refractivity contribution in [3.05, 3.63) is 41.5 Å². The number of carbonyl (C=O) groups is 1. The second kappa shape index (κ2) is 8.85. The van der Waals surface area contributed by atoms with E-state index in [2.05, 4.69) is 60.3 Å². The maximum atomic E-state index is 11.9. The van der Waals surface area contributed by atoms with E-state index >= 15 is 0 Å². The topological polar surface area (TPSA) is 35.6 Å². The smallest absolute Gasteiger partial charge is 0.244 e. The van der Waals surface area contributed by atoms with E-state index in [1.165, 1.54) is 5.56 Å². The molecule has 2 rings (SSSR count). The summed E-state index contributed by atoms with van der Waals surface area (Å²) in [4.78, 5) is 16.6. The van der Waals surface area contributed by atoms with Crippen LogP contribution in [-0.4, -0.2) is 62.0 Å².